The van der Waals surface area contributed by atoms with Crippen molar-refractivity contribution in [3.8, 4) is 22.6 Å². The molecular weight excluding hydrogens is 874 g/mol. The molecule has 3 aliphatic rings. The summed E-state index contributed by atoms with van der Waals surface area (Å²) >= 11 is 7.08. The van der Waals surface area contributed by atoms with Gasteiger partial charge in [0.25, 0.3) is 11.8 Å². The second kappa shape index (κ2) is 18.9. The van der Waals surface area contributed by atoms with Gasteiger partial charge in [-0.2, -0.15) is 5.10 Å². The summed E-state index contributed by atoms with van der Waals surface area (Å²) in [5, 5.41) is 24.9. The van der Waals surface area contributed by atoms with Crippen molar-refractivity contribution in [1.29, 1.82) is 0 Å². The van der Waals surface area contributed by atoms with Crippen LogP contribution < -0.4 is 20.1 Å². The number of carboxylic acids is 1. The maximum atomic E-state index is 13.5. The number of aromatic nitrogens is 3. The lowest BCUT2D eigenvalue weighted by molar-refractivity contribution is -0.128. The second-order valence-electron chi connectivity index (χ2n) is 17.8. The number of carbonyl (C=O) groups is 5. The molecule has 3 aliphatic heterocycles. The number of nitrogens with zero attached hydrogens (tertiary/aromatic N) is 5. The Morgan fingerprint density at radius 1 is 0.955 bits per heavy atom. The number of halogens is 1. The van der Waals surface area contributed by atoms with Crippen molar-refractivity contribution in [2.45, 2.75) is 77.0 Å². The maximum absolute atomic E-state index is 13.5. The second-order valence-corrected chi connectivity index (χ2v) is 18.3. The number of piperidine rings is 2. The van der Waals surface area contributed by atoms with Gasteiger partial charge < -0.3 is 44.4 Å². The third kappa shape index (κ3) is 8.73. The van der Waals surface area contributed by atoms with Crippen LogP contribution in [-0.4, -0.2) is 110 Å². The zero-order valence-electron chi connectivity index (χ0n) is 37.9. The van der Waals surface area contributed by atoms with Crippen molar-refractivity contribution in [1.82, 2.24) is 34.8 Å². The number of carboxylic acid groups (broad SMARTS) is 1. The molecule has 5 heterocycles. The molecule has 9 rings (SSSR count). The summed E-state index contributed by atoms with van der Waals surface area (Å²) in [6, 6.07) is 22.8. The number of carbonyl (C=O) groups excluding carboxylic acids is 4. The Hall–Kier alpha value is -6.71. The van der Waals surface area contributed by atoms with Crippen LogP contribution in [0.15, 0.2) is 72.8 Å². The van der Waals surface area contributed by atoms with Crippen LogP contribution in [-0.2, 0) is 40.9 Å². The maximum Gasteiger partial charge on any atom is 0.352 e. The first-order chi connectivity index (χ1) is 32.4. The first-order valence-electron chi connectivity index (χ1n) is 22.9. The molecule has 3 N–H and O–H groups in total. The summed E-state index contributed by atoms with van der Waals surface area (Å²) in [5.41, 5.74) is 4.97. The van der Waals surface area contributed by atoms with Crippen molar-refractivity contribution in [2.75, 3.05) is 39.4 Å². The van der Waals surface area contributed by atoms with Gasteiger partial charge in [-0.25, -0.2) is 4.79 Å². The Kier molecular flexibility index (Phi) is 12.8. The number of fused-ring (bicyclic) bond motifs is 3. The summed E-state index contributed by atoms with van der Waals surface area (Å²) in [4.78, 5) is 68.0. The number of hydrogen-bond donors (Lipinski definition) is 3. The number of benzene rings is 4. The topological polar surface area (TPSA) is 177 Å². The lowest BCUT2D eigenvalue weighted by Crippen LogP contribution is -2.60. The van der Waals surface area contributed by atoms with Gasteiger partial charge in [-0.15, -0.1) is 0 Å². The lowest BCUT2D eigenvalue weighted by atomic mass is 9.89. The fourth-order valence-electron chi connectivity index (χ4n) is 10.2. The highest BCUT2D eigenvalue weighted by Crippen LogP contribution is 2.42. The Labute approximate surface area is 392 Å². The summed E-state index contributed by atoms with van der Waals surface area (Å²) in [6.45, 7) is 6.59. The zero-order chi connectivity index (χ0) is 47.0. The van der Waals surface area contributed by atoms with Crippen molar-refractivity contribution in [3.63, 3.8) is 0 Å². The fourth-order valence-corrected chi connectivity index (χ4v) is 10.5. The minimum Gasteiger partial charge on any atom is -0.493 e. The molecule has 2 saturated heterocycles. The molecule has 3 amide bonds. The van der Waals surface area contributed by atoms with Gasteiger partial charge in [-0.3, -0.25) is 19.1 Å². The molecule has 16 heteroatoms. The van der Waals surface area contributed by atoms with E-state index in [9.17, 15) is 29.1 Å². The van der Waals surface area contributed by atoms with E-state index in [4.69, 9.17) is 26.2 Å². The summed E-state index contributed by atoms with van der Waals surface area (Å²) in [6.07, 6.45) is 3.56. The van der Waals surface area contributed by atoms with Crippen LogP contribution in [0.5, 0.6) is 11.5 Å². The number of ether oxygens (including phenoxy) is 2. The van der Waals surface area contributed by atoms with Crippen LogP contribution in [0.2, 0.25) is 5.02 Å². The van der Waals surface area contributed by atoms with Crippen molar-refractivity contribution in [2.24, 2.45) is 7.05 Å². The van der Waals surface area contributed by atoms with Crippen LogP contribution in [0.4, 0.5) is 0 Å². The molecule has 6 aromatic rings. The van der Waals surface area contributed by atoms with E-state index < -0.39 is 11.5 Å². The molecule has 67 heavy (non-hydrogen) atoms. The van der Waals surface area contributed by atoms with Gasteiger partial charge in [0.15, 0.2) is 6.61 Å². The van der Waals surface area contributed by atoms with E-state index >= 15 is 0 Å². The van der Waals surface area contributed by atoms with E-state index in [0.29, 0.717) is 80.4 Å². The summed E-state index contributed by atoms with van der Waals surface area (Å²) < 4.78 is 16.0. The molecule has 348 valence electrons. The van der Waals surface area contributed by atoms with Gasteiger partial charge >= 0.3 is 5.97 Å². The minimum atomic E-state index is -1.14. The number of aromatic carboxylic acids is 1. The Balaban J connectivity index is 0.869. The number of hydrogen-bond acceptors (Lipinski definition) is 9. The monoisotopic (exact) mass is 927 g/mol. The smallest absolute Gasteiger partial charge is 0.352 e. The third-order valence-corrected chi connectivity index (χ3v) is 14.1. The molecule has 0 bridgehead atoms. The van der Waals surface area contributed by atoms with Crippen LogP contribution in [0, 0.1) is 13.8 Å². The number of aryl methyl sites for hydroxylation is 3. The number of rotatable bonds is 16. The van der Waals surface area contributed by atoms with Gasteiger partial charge in [-0.1, -0.05) is 60.1 Å². The Morgan fingerprint density at radius 3 is 2.45 bits per heavy atom. The standard InChI is InChI=1S/C51H54ClN7O8/c1-31-45(32(2)56(3)55-31)46-40(52)17-16-37-36(13-8-26-66-41-14-6-10-33-9-4-5-11-35(33)41)48(50(64)65)58(47(37)46)25-24-57-22-19-34(20-23-57)54-44(62)28-67-42-15-7-12-38-39(42)27-59(49(38)63)51(30-60)21-18-43(61)53-29-51/h4-7,9-12,14-17,30,34H,8,13,18-29H2,1-3H3,(H,53,61)(H,54,62)(H,64,65). The van der Waals surface area contributed by atoms with Crippen molar-refractivity contribution >= 4 is 63.3 Å². The van der Waals surface area contributed by atoms with E-state index in [-0.39, 0.29) is 62.0 Å². The van der Waals surface area contributed by atoms with Crippen molar-refractivity contribution in [3.05, 3.63) is 112 Å². The molecule has 1 atom stereocenters. The van der Waals surface area contributed by atoms with Gasteiger partial charge in [0, 0.05) is 91.0 Å². The number of nitrogens with one attached hydrogen (secondary N) is 2. The molecule has 0 radical (unpaired) electrons. The van der Waals surface area contributed by atoms with Gasteiger partial charge in [0.05, 0.1) is 29.4 Å². The molecule has 0 aliphatic carbocycles. The molecule has 2 aromatic heterocycles. The average Bonchev–Trinajstić information content (AvgIpc) is 3.93. The fraction of sp³-hybridized carbons (Fsp3) is 0.373. The molecule has 1 unspecified atom stereocenters. The Morgan fingerprint density at radius 2 is 1.72 bits per heavy atom. The van der Waals surface area contributed by atoms with Gasteiger partial charge in [-0.05, 0) is 81.2 Å². The van der Waals surface area contributed by atoms with Crippen LogP contribution in [0.1, 0.15) is 75.5 Å². The lowest BCUT2D eigenvalue weighted by Gasteiger charge is -2.40. The molecule has 2 fully saturated rings. The number of likely N-dealkylation sites (tertiary alicyclic amines) is 1. The first kappa shape index (κ1) is 45.4. The first-order valence-corrected chi connectivity index (χ1v) is 23.2. The predicted molar refractivity (Wildman–Crippen MR) is 254 cm³/mol. The SMILES string of the molecule is Cc1nn(C)c(C)c1-c1c(Cl)ccc2c(CCCOc3cccc4ccccc34)c(C(=O)O)n(CCN3CCC(NC(=O)COc4cccc5c4CN(C4(C=O)CCC(=O)NC4)C5=O)CC3)c12. The third-order valence-electron chi connectivity index (χ3n) is 13.8. The van der Waals surface area contributed by atoms with E-state index in [1.807, 2.05) is 72.6 Å². The molecule has 4 aromatic carbocycles. The highest BCUT2D eigenvalue weighted by atomic mass is 35.5. The summed E-state index contributed by atoms with van der Waals surface area (Å²) in [5.74, 6) is -0.590. The predicted octanol–water partition coefficient (Wildman–Crippen LogP) is 6.64. The van der Waals surface area contributed by atoms with E-state index in [1.165, 1.54) is 4.90 Å². The molecule has 15 nitrogen and oxygen atoms in total. The van der Waals surface area contributed by atoms with E-state index in [2.05, 4.69) is 27.7 Å². The summed E-state index contributed by atoms with van der Waals surface area (Å²) in [7, 11) is 1.89. The van der Waals surface area contributed by atoms with E-state index in [1.54, 1.807) is 18.2 Å². The minimum absolute atomic E-state index is 0.0474. The van der Waals surface area contributed by atoms with Crippen LogP contribution in [0.3, 0.4) is 0 Å². The molecular formula is C51H54ClN7O8. The van der Waals surface area contributed by atoms with Crippen molar-refractivity contribution < 1.29 is 38.6 Å². The largest absolute Gasteiger partial charge is 0.493 e. The van der Waals surface area contributed by atoms with Crippen LogP contribution >= 0.6 is 11.6 Å². The van der Waals surface area contributed by atoms with Gasteiger partial charge in [0.1, 0.15) is 29.0 Å². The quantitative estimate of drug-likeness (QED) is 0.0705. The van der Waals surface area contributed by atoms with Gasteiger partial charge in [0.2, 0.25) is 5.91 Å². The normalized spacial score (nSPS) is 17.8. The molecule has 0 spiro atoms. The average molecular weight is 928 g/mol. The zero-order valence-corrected chi connectivity index (χ0v) is 38.7. The highest BCUT2D eigenvalue weighted by Gasteiger charge is 2.47. The number of aldehydes is 1. The van der Waals surface area contributed by atoms with Crippen LogP contribution in [0.25, 0.3) is 32.8 Å². The van der Waals surface area contributed by atoms with E-state index in [0.717, 1.165) is 61.8 Å². The Bertz CT molecular complexity index is 2920. The molecule has 0 saturated carbocycles. The number of amides is 3. The highest BCUT2D eigenvalue weighted by molar-refractivity contribution is 6.35.